The van der Waals surface area contributed by atoms with Crippen molar-refractivity contribution in [3.8, 4) is 0 Å². The lowest BCUT2D eigenvalue weighted by atomic mass is 10.1. The average molecular weight is 469 g/mol. The summed E-state index contributed by atoms with van der Waals surface area (Å²) < 4.78 is 32.8. The SMILES string of the molecule is CNC(=O)c1ccc(COC(=O)CCCN(C)S(=O)(=O)c2cccc3c(C)cccc23)cc1. The van der Waals surface area contributed by atoms with Gasteiger partial charge in [0.05, 0.1) is 4.90 Å². The van der Waals surface area contributed by atoms with E-state index in [1.54, 1.807) is 43.4 Å². The van der Waals surface area contributed by atoms with E-state index in [0.717, 1.165) is 16.5 Å². The molecule has 174 valence electrons. The summed E-state index contributed by atoms with van der Waals surface area (Å²) >= 11 is 0. The van der Waals surface area contributed by atoms with Gasteiger partial charge in [-0.05, 0) is 48.1 Å². The van der Waals surface area contributed by atoms with Crippen molar-refractivity contribution in [2.24, 2.45) is 0 Å². The molecule has 1 N–H and O–H groups in total. The fraction of sp³-hybridized carbons (Fsp3) is 0.280. The standard InChI is InChI=1S/C25H28N2O5S/c1-18-7-4-9-22-21(18)8-5-10-23(22)33(30,31)27(3)16-6-11-24(28)32-17-19-12-14-20(15-13-19)25(29)26-2/h4-5,7-10,12-15H,6,11,16-17H2,1-3H3,(H,26,29). The number of nitrogens with one attached hydrogen (secondary N) is 1. The van der Waals surface area contributed by atoms with Gasteiger partial charge in [0.15, 0.2) is 0 Å². The second-order valence-electron chi connectivity index (χ2n) is 7.79. The Hall–Kier alpha value is -3.23. The molecule has 0 atom stereocenters. The number of sulfonamides is 1. The van der Waals surface area contributed by atoms with Crippen molar-refractivity contribution >= 4 is 32.7 Å². The predicted octanol–water partition coefficient (Wildman–Crippen LogP) is 3.65. The van der Waals surface area contributed by atoms with Crippen molar-refractivity contribution in [3.05, 3.63) is 77.4 Å². The molecule has 1 amide bonds. The van der Waals surface area contributed by atoms with Gasteiger partial charge >= 0.3 is 5.97 Å². The van der Waals surface area contributed by atoms with Gasteiger partial charge in [-0.25, -0.2) is 12.7 Å². The fourth-order valence-electron chi connectivity index (χ4n) is 3.53. The molecule has 0 aliphatic heterocycles. The van der Waals surface area contributed by atoms with Gasteiger partial charge in [-0.3, -0.25) is 9.59 Å². The Labute approximate surface area is 194 Å². The van der Waals surface area contributed by atoms with Crippen LogP contribution in [0, 0.1) is 6.92 Å². The third kappa shape index (κ3) is 5.77. The molecule has 0 aliphatic carbocycles. The molecular formula is C25H28N2O5S. The van der Waals surface area contributed by atoms with Gasteiger partial charge in [-0.1, -0.05) is 42.5 Å². The van der Waals surface area contributed by atoms with Crippen LogP contribution in [0.5, 0.6) is 0 Å². The number of hydrogen-bond acceptors (Lipinski definition) is 5. The summed E-state index contributed by atoms with van der Waals surface area (Å²) in [6.07, 6.45) is 0.443. The van der Waals surface area contributed by atoms with Gasteiger partial charge in [0.2, 0.25) is 10.0 Å². The number of carbonyl (C=O) groups is 2. The molecule has 0 bridgehead atoms. The van der Waals surface area contributed by atoms with Crippen molar-refractivity contribution in [2.75, 3.05) is 20.6 Å². The van der Waals surface area contributed by atoms with Crippen molar-refractivity contribution in [2.45, 2.75) is 31.3 Å². The van der Waals surface area contributed by atoms with Crippen LogP contribution >= 0.6 is 0 Å². The Bertz CT molecular complexity index is 1250. The average Bonchev–Trinajstić information content (AvgIpc) is 2.82. The number of ether oxygens (including phenoxy) is 1. The maximum atomic E-state index is 13.1. The Kier molecular flexibility index (Phi) is 7.84. The Morgan fingerprint density at radius 2 is 1.64 bits per heavy atom. The first kappa shape index (κ1) is 24.4. The van der Waals surface area contributed by atoms with E-state index in [1.807, 2.05) is 31.2 Å². The molecule has 0 aliphatic rings. The highest BCUT2D eigenvalue weighted by atomic mass is 32.2. The summed E-state index contributed by atoms with van der Waals surface area (Å²) in [6, 6.07) is 17.6. The molecule has 3 aromatic carbocycles. The van der Waals surface area contributed by atoms with Gasteiger partial charge in [0, 0.05) is 38.0 Å². The lowest BCUT2D eigenvalue weighted by Gasteiger charge is -2.18. The molecule has 0 saturated heterocycles. The quantitative estimate of drug-likeness (QED) is 0.484. The van der Waals surface area contributed by atoms with Crippen LogP contribution in [0.15, 0.2) is 65.6 Å². The molecule has 3 aromatic rings. The minimum atomic E-state index is -3.70. The normalized spacial score (nSPS) is 11.5. The molecule has 0 fully saturated rings. The second-order valence-corrected chi connectivity index (χ2v) is 9.81. The number of benzene rings is 3. The maximum Gasteiger partial charge on any atom is 0.306 e. The van der Waals surface area contributed by atoms with Crippen LogP contribution in [-0.2, 0) is 26.2 Å². The topological polar surface area (TPSA) is 92.8 Å². The summed E-state index contributed by atoms with van der Waals surface area (Å²) in [5.74, 6) is -0.590. The molecule has 0 heterocycles. The minimum absolute atomic E-state index is 0.0936. The Morgan fingerprint density at radius 1 is 0.970 bits per heavy atom. The number of carbonyl (C=O) groups excluding carboxylic acids is 2. The molecule has 8 heteroatoms. The number of nitrogens with zero attached hydrogens (tertiary/aromatic N) is 1. The number of amides is 1. The Morgan fingerprint density at radius 3 is 2.33 bits per heavy atom. The van der Waals surface area contributed by atoms with E-state index in [0.29, 0.717) is 17.4 Å². The summed E-state index contributed by atoms with van der Waals surface area (Å²) in [7, 11) is -0.624. The van der Waals surface area contributed by atoms with E-state index in [1.165, 1.54) is 11.4 Å². The summed E-state index contributed by atoms with van der Waals surface area (Å²) in [6.45, 7) is 2.24. The summed E-state index contributed by atoms with van der Waals surface area (Å²) in [4.78, 5) is 23.9. The number of hydrogen-bond donors (Lipinski definition) is 1. The van der Waals surface area contributed by atoms with Crippen LogP contribution in [0.25, 0.3) is 10.8 Å². The number of rotatable bonds is 9. The molecule has 0 radical (unpaired) electrons. The van der Waals surface area contributed by atoms with Gasteiger partial charge in [-0.2, -0.15) is 0 Å². The number of fused-ring (bicyclic) bond motifs is 1. The van der Waals surface area contributed by atoms with Gasteiger partial charge < -0.3 is 10.1 Å². The van der Waals surface area contributed by atoms with Crippen molar-refractivity contribution in [1.82, 2.24) is 9.62 Å². The monoisotopic (exact) mass is 468 g/mol. The second kappa shape index (κ2) is 10.6. The molecular weight excluding hydrogens is 440 g/mol. The van der Waals surface area contributed by atoms with Crippen LogP contribution in [-0.4, -0.2) is 45.2 Å². The molecule has 0 aromatic heterocycles. The van der Waals surface area contributed by atoms with E-state index >= 15 is 0 Å². The number of aryl methyl sites for hydroxylation is 1. The van der Waals surface area contributed by atoms with Crippen LogP contribution < -0.4 is 5.32 Å². The van der Waals surface area contributed by atoms with Crippen molar-refractivity contribution in [1.29, 1.82) is 0 Å². The molecule has 3 rings (SSSR count). The molecule has 0 saturated carbocycles. The molecule has 7 nitrogen and oxygen atoms in total. The zero-order valence-corrected chi connectivity index (χ0v) is 19.8. The highest BCUT2D eigenvalue weighted by molar-refractivity contribution is 7.89. The lowest BCUT2D eigenvalue weighted by molar-refractivity contribution is -0.145. The van der Waals surface area contributed by atoms with E-state index in [9.17, 15) is 18.0 Å². The highest BCUT2D eigenvalue weighted by Crippen LogP contribution is 2.27. The molecule has 0 unspecified atom stereocenters. The van der Waals surface area contributed by atoms with Crippen molar-refractivity contribution in [3.63, 3.8) is 0 Å². The van der Waals surface area contributed by atoms with Gasteiger partial charge in [0.1, 0.15) is 6.61 Å². The molecule has 0 spiro atoms. The number of esters is 1. The van der Waals surface area contributed by atoms with Crippen LogP contribution in [0.1, 0.15) is 34.3 Å². The zero-order chi connectivity index (χ0) is 24.0. The lowest BCUT2D eigenvalue weighted by Crippen LogP contribution is -2.28. The maximum absolute atomic E-state index is 13.1. The first-order chi connectivity index (χ1) is 15.7. The smallest absolute Gasteiger partial charge is 0.306 e. The third-order valence-corrected chi connectivity index (χ3v) is 7.40. The zero-order valence-electron chi connectivity index (χ0n) is 19.0. The predicted molar refractivity (Wildman–Crippen MR) is 127 cm³/mol. The minimum Gasteiger partial charge on any atom is -0.461 e. The van der Waals surface area contributed by atoms with E-state index in [-0.39, 0.29) is 30.4 Å². The molecule has 33 heavy (non-hydrogen) atoms. The highest BCUT2D eigenvalue weighted by Gasteiger charge is 2.23. The van der Waals surface area contributed by atoms with E-state index in [4.69, 9.17) is 4.74 Å². The first-order valence-corrected chi connectivity index (χ1v) is 12.1. The van der Waals surface area contributed by atoms with Gasteiger partial charge in [-0.15, -0.1) is 0 Å². The van der Waals surface area contributed by atoms with Crippen LogP contribution in [0.4, 0.5) is 0 Å². The Balaban J connectivity index is 1.53. The summed E-state index contributed by atoms with van der Waals surface area (Å²) in [5, 5.41) is 4.13. The first-order valence-electron chi connectivity index (χ1n) is 10.7. The summed E-state index contributed by atoms with van der Waals surface area (Å²) in [5.41, 5.74) is 2.30. The van der Waals surface area contributed by atoms with Crippen molar-refractivity contribution < 1.29 is 22.7 Å². The van der Waals surface area contributed by atoms with Gasteiger partial charge in [0.25, 0.3) is 5.91 Å². The van der Waals surface area contributed by atoms with E-state index in [2.05, 4.69) is 5.32 Å². The largest absolute Gasteiger partial charge is 0.461 e. The van der Waals surface area contributed by atoms with E-state index < -0.39 is 16.0 Å². The fourth-order valence-corrected chi connectivity index (χ4v) is 4.94. The van der Waals surface area contributed by atoms with Crippen LogP contribution in [0.3, 0.4) is 0 Å². The van der Waals surface area contributed by atoms with Crippen LogP contribution in [0.2, 0.25) is 0 Å². The third-order valence-electron chi connectivity index (χ3n) is 5.49.